The van der Waals surface area contributed by atoms with E-state index in [1.54, 1.807) is 12.1 Å². The second-order valence-electron chi connectivity index (χ2n) is 5.22. The first-order chi connectivity index (χ1) is 11.3. The standard InChI is InChI=1S/C18H19NO4/c1-21-15-11-17-16(22-8-5-9-23-17)10-14(15)18(20)19-12-13-6-3-2-4-7-13/h2-4,6-7,10-11H,5,8-9,12H2,1H3,(H,19,20). The fourth-order valence-electron chi connectivity index (χ4n) is 2.41. The topological polar surface area (TPSA) is 56.8 Å². The SMILES string of the molecule is COc1cc2c(cc1C(=O)NCc1ccccc1)OCCCO2. The first-order valence-corrected chi connectivity index (χ1v) is 7.57. The molecule has 0 atom stereocenters. The van der Waals surface area contributed by atoms with Gasteiger partial charge in [-0.2, -0.15) is 0 Å². The van der Waals surface area contributed by atoms with E-state index < -0.39 is 0 Å². The van der Waals surface area contributed by atoms with Gasteiger partial charge >= 0.3 is 0 Å². The highest BCUT2D eigenvalue weighted by atomic mass is 16.5. The molecule has 1 heterocycles. The van der Waals surface area contributed by atoms with E-state index in [0.29, 0.717) is 42.6 Å². The molecule has 0 aliphatic carbocycles. The maximum Gasteiger partial charge on any atom is 0.255 e. The van der Waals surface area contributed by atoms with Gasteiger partial charge < -0.3 is 19.5 Å². The molecule has 0 saturated heterocycles. The number of methoxy groups -OCH3 is 1. The van der Waals surface area contributed by atoms with E-state index in [-0.39, 0.29) is 5.91 Å². The molecule has 23 heavy (non-hydrogen) atoms. The largest absolute Gasteiger partial charge is 0.496 e. The number of ether oxygens (including phenoxy) is 3. The van der Waals surface area contributed by atoms with E-state index in [2.05, 4.69) is 5.32 Å². The van der Waals surface area contributed by atoms with Gasteiger partial charge in [0.1, 0.15) is 5.75 Å². The van der Waals surface area contributed by atoms with E-state index >= 15 is 0 Å². The second kappa shape index (κ2) is 7.05. The Bertz CT molecular complexity index is 685. The lowest BCUT2D eigenvalue weighted by molar-refractivity contribution is 0.0947. The highest BCUT2D eigenvalue weighted by molar-refractivity contribution is 5.97. The maximum atomic E-state index is 12.5. The van der Waals surface area contributed by atoms with Crippen molar-refractivity contribution in [3.05, 3.63) is 53.6 Å². The summed E-state index contributed by atoms with van der Waals surface area (Å²) in [5, 5.41) is 2.90. The van der Waals surface area contributed by atoms with E-state index in [9.17, 15) is 4.79 Å². The summed E-state index contributed by atoms with van der Waals surface area (Å²) in [5.74, 6) is 1.45. The molecule has 2 aromatic carbocycles. The Morgan fingerprint density at radius 1 is 1.13 bits per heavy atom. The number of rotatable bonds is 4. The number of nitrogens with one attached hydrogen (secondary N) is 1. The minimum Gasteiger partial charge on any atom is -0.496 e. The van der Waals surface area contributed by atoms with Crippen molar-refractivity contribution >= 4 is 5.91 Å². The molecule has 3 rings (SSSR count). The zero-order valence-electron chi connectivity index (χ0n) is 13.0. The van der Waals surface area contributed by atoms with Gasteiger partial charge in [0.2, 0.25) is 0 Å². The van der Waals surface area contributed by atoms with Gasteiger partial charge in [-0.1, -0.05) is 30.3 Å². The smallest absolute Gasteiger partial charge is 0.255 e. The Kier molecular flexibility index (Phi) is 4.66. The molecule has 5 heteroatoms. The van der Waals surface area contributed by atoms with Gasteiger partial charge in [-0.25, -0.2) is 0 Å². The first kappa shape index (κ1) is 15.2. The second-order valence-corrected chi connectivity index (χ2v) is 5.22. The van der Waals surface area contributed by atoms with Crippen molar-refractivity contribution in [3.8, 4) is 17.2 Å². The summed E-state index contributed by atoms with van der Waals surface area (Å²) in [4.78, 5) is 12.5. The molecule has 0 unspecified atom stereocenters. The normalized spacial score (nSPS) is 13.1. The van der Waals surface area contributed by atoms with E-state index in [1.165, 1.54) is 7.11 Å². The van der Waals surface area contributed by atoms with Gasteiger partial charge in [-0.15, -0.1) is 0 Å². The zero-order chi connectivity index (χ0) is 16.1. The quantitative estimate of drug-likeness (QED) is 0.943. The van der Waals surface area contributed by atoms with E-state index in [4.69, 9.17) is 14.2 Å². The number of carbonyl (C=O) groups is 1. The van der Waals surface area contributed by atoms with Crippen LogP contribution in [0.2, 0.25) is 0 Å². The lowest BCUT2D eigenvalue weighted by atomic mass is 10.1. The van der Waals surface area contributed by atoms with Crippen molar-refractivity contribution in [1.82, 2.24) is 5.32 Å². The predicted octanol–water partition coefficient (Wildman–Crippen LogP) is 2.79. The number of amides is 1. The summed E-state index contributed by atoms with van der Waals surface area (Å²) >= 11 is 0. The molecule has 1 N–H and O–H groups in total. The zero-order valence-corrected chi connectivity index (χ0v) is 13.0. The third-order valence-electron chi connectivity index (χ3n) is 3.61. The lowest BCUT2D eigenvalue weighted by Crippen LogP contribution is -2.23. The van der Waals surface area contributed by atoms with Gasteiger partial charge in [-0.3, -0.25) is 4.79 Å². The van der Waals surface area contributed by atoms with Crippen molar-refractivity contribution in [3.63, 3.8) is 0 Å². The van der Waals surface area contributed by atoms with E-state index in [0.717, 1.165) is 12.0 Å². The van der Waals surface area contributed by atoms with Gasteiger partial charge in [0, 0.05) is 25.1 Å². The van der Waals surface area contributed by atoms with Crippen LogP contribution in [0.5, 0.6) is 17.2 Å². The van der Waals surface area contributed by atoms with Crippen LogP contribution in [0.15, 0.2) is 42.5 Å². The van der Waals surface area contributed by atoms with Crippen molar-refractivity contribution in [1.29, 1.82) is 0 Å². The molecular formula is C18H19NO4. The molecule has 0 aromatic heterocycles. The van der Waals surface area contributed by atoms with Crippen LogP contribution in [0.4, 0.5) is 0 Å². The Morgan fingerprint density at radius 2 is 1.83 bits per heavy atom. The van der Waals surface area contributed by atoms with Crippen LogP contribution in [0.3, 0.4) is 0 Å². The summed E-state index contributed by atoms with van der Waals surface area (Å²) < 4.78 is 16.6. The minimum atomic E-state index is -0.207. The fourth-order valence-corrected chi connectivity index (χ4v) is 2.41. The molecule has 0 radical (unpaired) electrons. The van der Waals surface area contributed by atoms with Gasteiger partial charge in [0.15, 0.2) is 11.5 Å². The lowest BCUT2D eigenvalue weighted by Gasteiger charge is -2.14. The molecule has 2 aromatic rings. The average molecular weight is 313 g/mol. The molecule has 5 nitrogen and oxygen atoms in total. The predicted molar refractivity (Wildman–Crippen MR) is 86.2 cm³/mol. The third-order valence-corrected chi connectivity index (χ3v) is 3.61. The Labute approximate surface area is 135 Å². The highest BCUT2D eigenvalue weighted by Gasteiger charge is 2.19. The van der Waals surface area contributed by atoms with Crippen LogP contribution < -0.4 is 19.5 Å². The number of benzene rings is 2. The molecule has 1 amide bonds. The van der Waals surface area contributed by atoms with Crippen LogP contribution in [0.25, 0.3) is 0 Å². The summed E-state index contributed by atoms with van der Waals surface area (Å²) in [7, 11) is 1.53. The molecule has 1 aliphatic rings. The molecule has 0 bridgehead atoms. The highest BCUT2D eigenvalue weighted by Crippen LogP contribution is 2.36. The molecule has 0 spiro atoms. The third kappa shape index (κ3) is 3.56. The van der Waals surface area contributed by atoms with Crippen molar-refractivity contribution < 1.29 is 19.0 Å². The first-order valence-electron chi connectivity index (χ1n) is 7.57. The Hall–Kier alpha value is -2.69. The van der Waals surface area contributed by atoms with E-state index in [1.807, 2.05) is 30.3 Å². The molecule has 1 aliphatic heterocycles. The van der Waals surface area contributed by atoms with Crippen molar-refractivity contribution in [2.45, 2.75) is 13.0 Å². The summed E-state index contributed by atoms with van der Waals surface area (Å²) in [6.07, 6.45) is 0.812. The van der Waals surface area contributed by atoms with Crippen LogP contribution in [0, 0.1) is 0 Å². The average Bonchev–Trinajstić information content (AvgIpc) is 2.84. The molecular weight excluding hydrogens is 294 g/mol. The minimum absolute atomic E-state index is 0.207. The summed E-state index contributed by atoms with van der Waals surface area (Å²) in [6, 6.07) is 13.1. The van der Waals surface area contributed by atoms with Gasteiger partial charge in [-0.05, 0) is 5.56 Å². The molecule has 0 saturated carbocycles. The molecule has 120 valence electrons. The summed E-state index contributed by atoms with van der Waals surface area (Å²) in [6.45, 7) is 1.62. The Morgan fingerprint density at radius 3 is 2.52 bits per heavy atom. The van der Waals surface area contributed by atoms with Crippen LogP contribution in [0.1, 0.15) is 22.3 Å². The maximum absolute atomic E-state index is 12.5. The number of fused-ring (bicyclic) bond motifs is 1. The van der Waals surface area contributed by atoms with Crippen molar-refractivity contribution in [2.24, 2.45) is 0 Å². The Balaban J connectivity index is 1.80. The van der Waals surface area contributed by atoms with Crippen molar-refractivity contribution in [2.75, 3.05) is 20.3 Å². The number of carbonyl (C=O) groups excluding carboxylic acids is 1. The van der Waals surface area contributed by atoms with Crippen LogP contribution in [-0.2, 0) is 6.54 Å². The van der Waals surface area contributed by atoms with Crippen LogP contribution in [-0.4, -0.2) is 26.2 Å². The number of hydrogen-bond donors (Lipinski definition) is 1. The van der Waals surface area contributed by atoms with Crippen LogP contribution >= 0.6 is 0 Å². The fraction of sp³-hybridized carbons (Fsp3) is 0.278. The summed E-state index contributed by atoms with van der Waals surface area (Å²) in [5.41, 5.74) is 1.47. The van der Waals surface area contributed by atoms with Gasteiger partial charge in [0.05, 0.1) is 25.9 Å². The number of hydrogen-bond acceptors (Lipinski definition) is 4. The molecule has 0 fully saturated rings. The monoisotopic (exact) mass is 313 g/mol. The van der Waals surface area contributed by atoms with Gasteiger partial charge in [0.25, 0.3) is 5.91 Å².